The number of nitrogens with zero attached hydrogens (tertiary/aromatic N) is 1. The standard InChI is InChI=1S/C22H27Cl2F2N3O5S/c1-20(2,3)34-19(32)29-11-14(21(12-29)6-8-35(33)9-7-21)17(30)27-28-18(31)22(25,26)13-4-5-15(23)16(24)10-13/h4-5,10,14H,6-9,11-12H2,1-3H3,(H,27,30)(H,28,31). The number of amides is 3. The predicted molar refractivity (Wildman–Crippen MR) is 127 cm³/mol. The quantitative estimate of drug-likeness (QED) is 0.556. The molecule has 2 aliphatic heterocycles. The first-order chi connectivity index (χ1) is 16.1. The Morgan fingerprint density at radius 3 is 2.31 bits per heavy atom. The van der Waals surface area contributed by atoms with Gasteiger partial charge in [0.05, 0.1) is 16.0 Å². The van der Waals surface area contributed by atoms with E-state index in [0.717, 1.165) is 18.2 Å². The SMILES string of the molecule is CC(C)(C)OC(=O)N1CC(C(=O)NNC(=O)C(F)(F)c2ccc(Cl)c(Cl)c2)C2(CCS(=O)CC2)C1. The molecule has 2 fully saturated rings. The van der Waals surface area contributed by atoms with Gasteiger partial charge in [0.2, 0.25) is 5.91 Å². The van der Waals surface area contributed by atoms with Crippen LogP contribution in [0.2, 0.25) is 10.0 Å². The highest BCUT2D eigenvalue weighted by molar-refractivity contribution is 7.85. The zero-order valence-electron chi connectivity index (χ0n) is 19.5. The number of alkyl halides is 2. The molecule has 3 rings (SSSR count). The van der Waals surface area contributed by atoms with E-state index in [4.69, 9.17) is 27.9 Å². The Bertz CT molecular complexity index is 1040. The summed E-state index contributed by atoms with van der Waals surface area (Å²) in [6.45, 7) is 5.33. The van der Waals surface area contributed by atoms with E-state index in [-0.39, 0.29) is 23.1 Å². The zero-order valence-corrected chi connectivity index (χ0v) is 21.8. The monoisotopic (exact) mass is 553 g/mol. The van der Waals surface area contributed by atoms with Gasteiger partial charge in [-0.05, 0) is 45.7 Å². The number of hydrazine groups is 1. The van der Waals surface area contributed by atoms with Crippen molar-refractivity contribution < 1.29 is 32.1 Å². The lowest BCUT2D eigenvalue weighted by Gasteiger charge is -2.36. The summed E-state index contributed by atoms with van der Waals surface area (Å²) in [7, 11) is -1.03. The van der Waals surface area contributed by atoms with Crippen molar-refractivity contribution in [1.29, 1.82) is 0 Å². The van der Waals surface area contributed by atoms with Crippen molar-refractivity contribution in [3.63, 3.8) is 0 Å². The first kappa shape index (κ1) is 27.6. The number of hydrogen-bond acceptors (Lipinski definition) is 5. The summed E-state index contributed by atoms with van der Waals surface area (Å²) < 4.78 is 46.6. The molecule has 1 aromatic rings. The van der Waals surface area contributed by atoms with Crippen LogP contribution in [0.15, 0.2) is 18.2 Å². The maximum Gasteiger partial charge on any atom is 0.410 e. The van der Waals surface area contributed by atoms with Crippen molar-refractivity contribution in [2.45, 2.75) is 45.1 Å². The van der Waals surface area contributed by atoms with Crippen LogP contribution in [0, 0.1) is 11.3 Å². The Morgan fingerprint density at radius 1 is 1.11 bits per heavy atom. The Labute approximate surface area is 214 Å². The lowest BCUT2D eigenvalue weighted by atomic mass is 9.73. The van der Waals surface area contributed by atoms with E-state index in [0.29, 0.717) is 24.3 Å². The largest absolute Gasteiger partial charge is 0.444 e. The molecule has 0 bridgehead atoms. The molecule has 1 spiro atoms. The van der Waals surface area contributed by atoms with Crippen LogP contribution in [0.25, 0.3) is 0 Å². The van der Waals surface area contributed by atoms with E-state index in [2.05, 4.69) is 5.43 Å². The molecule has 1 atom stereocenters. The van der Waals surface area contributed by atoms with Crippen LogP contribution in [-0.2, 0) is 31.0 Å². The number of halogens is 4. The molecule has 2 saturated heterocycles. The summed E-state index contributed by atoms with van der Waals surface area (Å²) in [5.41, 5.74) is 1.73. The molecular formula is C22H27Cl2F2N3O5S. The number of ether oxygens (including phenoxy) is 1. The second-order valence-corrected chi connectivity index (χ2v) is 12.3. The van der Waals surface area contributed by atoms with Gasteiger partial charge in [0.1, 0.15) is 5.60 Å². The lowest BCUT2D eigenvalue weighted by Crippen LogP contribution is -2.53. The summed E-state index contributed by atoms with van der Waals surface area (Å²) in [6, 6.07) is 2.97. The number of carbonyl (C=O) groups excluding carboxylic acids is 3. The fourth-order valence-electron chi connectivity index (χ4n) is 4.27. The van der Waals surface area contributed by atoms with E-state index in [1.807, 2.05) is 0 Å². The number of likely N-dealkylation sites (tertiary alicyclic amines) is 1. The van der Waals surface area contributed by atoms with Crippen LogP contribution in [0.5, 0.6) is 0 Å². The molecular weight excluding hydrogens is 527 g/mol. The number of nitrogens with one attached hydrogen (secondary N) is 2. The highest BCUT2D eigenvalue weighted by Crippen LogP contribution is 2.45. The molecule has 0 aromatic heterocycles. The molecule has 13 heteroatoms. The van der Waals surface area contributed by atoms with Crippen molar-refractivity contribution in [1.82, 2.24) is 15.8 Å². The molecule has 194 valence electrons. The van der Waals surface area contributed by atoms with Crippen LogP contribution in [0.4, 0.5) is 13.6 Å². The normalized spacial score (nSPS) is 24.8. The van der Waals surface area contributed by atoms with Gasteiger partial charge in [0.25, 0.3) is 0 Å². The highest BCUT2D eigenvalue weighted by atomic mass is 35.5. The Balaban J connectivity index is 1.73. The third kappa shape index (κ3) is 6.24. The van der Waals surface area contributed by atoms with Gasteiger partial charge in [0, 0.05) is 46.4 Å². The highest BCUT2D eigenvalue weighted by Gasteiger charge is 2.53. The van der Waals surface area contributed by atoms with E-state index in [1.54, 1.807) is 26.2 Å². The molecule has 1 unspecified atom stereocenters. The molecule has 0 aliphatic carbocycles. The minimum absolute atomic E-state index is 0.0214. The molecule has 35 heavy (non-hydrogen) atoms. The van der Waals surface area contributed by atoms with Crippen LogP contribution in [-0.4, -0.2) is 57.2 Å². The smallest absolute Gasteiger partial charge is 0.410 e. The summed E-state index contributed by atoms with van der Waals surface area (Å²) >= 11 is 11.5. The molecule has 8 nitrogen and oxygen atoms in total. The van der Waals surface area contributed by atoms with Gasteiger partial charge < -0.3 is 9.64 Å². The number of carbonyl (C=O) groups is 3. The Morgan fingerprint density at radius 2 is 1.74 bits per heavy atom. The lowest BCUT2D eigenvalue weighted by molar-refractivity contribution is -0.150. The van der Waals surface area contributed by atoms with Gasteiger partial charge in [-0.3, -0.25) is 24.6 Å². The van der Waals surface area contributed by atoms with Crippen LogP contribution < -0.4 is 10.9 Å². The summed E-state index contributed by atoms with van der Waals surface area (Å²) in [5, 5.41) is -0.0973. The minimum Gasteiger partial charge on any atom is -0.444 e. The minimum atomic E-state index is -4.00. The second kappa shape index (κ2) is 10.2. The number of rotatable bonds is 3. The molecule has 2 heterocycles. The fraction of sp³-hybridized carbons (Fsp3) is 0.591. The molecule has 2 N–H and O–H groups in total. The van der Waals surface area contributed by atoms with Crippen molar-refractivity contribution in [3.8, 4) is 0 Å². The maximum absolute atomic E-state index is 14.6. The summed E-state index contributed by atoms with van der Waals surface area (Å²) in [4.78, 5) is 39.3. The Kier molecular flexibility index (Phi) is 8.03. The summed E-state index contributed by atoms with van der Waals surface area (Å²) in [5.74, 6) is -6.58. The van der Waals surface area contributed by atoms with E-state index in [9.17, 15) is 27.4 Å². The molecule has 1 aromatic carbocycles. The van der Waals surface area contributed by atoms with Crippen molar-refractivity contribution >= 4 is 51.9 Å². The van der Waals surface area contributed by atoms with E-state index >= 15 is 0 Å². The van der Waals surface area contributed by atoms with Crippen molar-refractivity contribution in [2.75, 3.05) is 24.6 Å². The third-order valence-corrected chi connectivity index (χ3v) is 8.20. The number of benzene rings is 1. The average Bonchev–Trinajstić information content (AvgIpc) is 3.14. The zero-order chi connectivity index (χ0) is 26.2. The third-order valence-electron chi connectivity index (χ3n) is 6.14. The van der Waals surface area contributed by atoms with E-state index in [1.165, 1.54) is 4.90 Å². The number of hydrogen-bond donors (Lipinski definition) is 2. The Hall–Kier alpha value is -1.98. The van der Waals surface area contributed by atoms with Gasteiger partial charge in [-0.15, -0.1) is 0 Å². The maximum atomic E-state index is 14.6. The molecule has 0 saturated carbocycles. The van der Waals surface area contributed by atoms with Crippen molar-refractivity contribution in [3.05, 3.63) is 33.8 Å². The second-order valence-electron chi connectivity index (χ2n) is 9.77. The van der Waals surface area contributed by atoms with Crippen LogP contribution >= 0.6 is 23.2 Å². The van der Waals surface area contributed by atoms with Gasteiger partial charge in [0.15, 0.2) is 0 Å². The van der Waals surface area contributed by atoms with Crippen LogP contribution in [0.1, 0.15) is 39.2 Å². The van der Waals surface area contributed by atoms with E-state index < -0.39 is 57.1 Å². The van der Waals surface area contributed by atoms with Gasteiger partial charge in [-0.25, -0.2) is 4.79 Å². The van der Waals surface area contributed by atoms with Gasteiger partial charge in [-0.1, -0.05) is 29.3 Å². The van der Waals surface area contributed by atoms with Crippen LogP contribution in [0.3, 0.4) is 0 Å². The summed E-state index contributed by atoms with van der Waals surface area (Å²) in [6.07, 6.45) is 0.212. The average molecular weight is 554 g/mol. The first-order valence-corrected chi connectivity index (χ1v) is 13.2. The first-order valence-electron chi connectivity index (χ1n) is 10.9. The van der Waals surface area contributed by atoms with Crippen molar-refractivity contribution in [2.24, 2.45) is 11.3 Å². The fourth-order valence-corrected chi connectivity index (χ4v) is 6.04. The topological polar surface area (TPSA) is 105 Å². The van der Waals surface area contributed by atoms with Gasteiger partial charge >= 0.3 is 17.9 Å². The molecule has 2 aliphatic rings. The molecule has 3 amide bonds. The molecule has 0 radical (unpaired) electrons. The van der Waals surface area contributed by atoms with Gasteiger partial charge in [-0.2, -0.15) is 8.78 Å². The predicted octanol–water partition coefficient (Wildman–Crippen LogP) is 3.63.